The summed E-state index contributed by atoms with van der Waals surface area (Å²) in [5.74, 6) is 0.815. The summed E-state index contributed by atoms with van der Waals surface area (Å²) in [7, 11) is 0. The molecule has 1 atom stereocenters. The van der Waals surface area contributed by atoms with Crippen LogP contribution in [0.4, 0.5) is 0 Å². The van der Waals surface area contributed by atoms with Crippen LogP contribution in [0.15, 0.2) is 24.3 Å². The van der Waals surface area contributed by atoms with Crippen molar-refractivity contribution in [2.24, 2.45) is 11.8 Å². The molecule has 0 bridgehead atoms. The van der Waals surface area contributed by atoms with Gasteiger partial charge >= 0.3 is 0 Å². The van der Waals surface area contributed by atoms with Gasteiger partial charge in [0.15, 0.2) is 0 Å². The van der Waals surface area contributed by atoms with E-state index in [0.29, 0.717) is 5.92 Å². The van der Waals surface area contributed by atoms with Gasteiger partial charge in [0, 0.05) is 5.92 Å². The summed E-state index contributed by atoms with van der Waals surface area (Å²) in [6.45, 7) is 10.3. The van der Waals surface area contributed by atoms with Crippen molar-refractivity contribution in [2.75, 3.05) is 0 Å². The molecule has 2 nitrogen and oxygen atoms in total. The SMILES string of the molecule is CC(C)Cc1ccc(C(C)NC(=O)C(C)C)cc1. The molecule has 1 amide bonds. The zero-order valence-corrected chi connectivity index (χ0v) is 12.2. The normalized spacial score (nSPS) is 12.8. The van der Waals surface area contributed by atoms with Gasteiger partial charge in [-0.3, -0.25) is 4.79 Å². The molecule has 0 radical (unpaired) electrons. The van der Waals surface area contributed by atoms with E-state index in [-0.39, 0.29) is 17.9 Å². The Morgan fingerprint density at radius 3 is 2.06 bits per heavy atom. The van der Waals surface area contributed by atoms with E-state index >= 15 is 0 Å². The topological polar surface area (TPSA) is 29.1 Å². The van der Waals surface area contributed by atoms with Crippen LogP contribution < -0.4 is 5.32 Å². The number of nitrogens with one attached hydrogen (secondary N) is 1. The molecule has 1 N–H and O–H groups in total. The Hall–Kier alpha value is -1.31. The van der Waals surface area contributed by atoms with Crippen molar-refractivity contribution in [3.05, 3.63) is 35.4 Å². The van der Waals surface area contributed by atoms with E-state index in [9.17, 15) is 4.79 Å². The van der Waals surface area contributed by atoms with E-state index in [2.05, 4.69) is 43.4 Å². The third-order valence-corrected chi connectivity index (χ3v) is 3.01. The third kappa shape index (κ3) is 4.52. The van der Waals surface area contributed by atoms with Gasteiger partial charge in [-0.2, -0.15) is 0 Å². The van der Waals surface area contributed by atoms with Gasteiger partial charge in [0.2, 0.25) is 5.91 Å². The van der Waals surface area contributed by atoms with Crippen LogP contribution in [0.2, 0.25) is 0 Å². The zero-order chi connectivity index (χ0) is 13.7. The maximum absolute atomic E-state index is 11.6. The van der Waals surface area contributed by atoms with Gasteiger partial charge in [-0.25, -0.2) is 0 Å². The Morgan fingerprint density at radius 1 is 1.06 bits per heavy atom. The molecule has 2 heteroatoms. The molecule has 0 fully saturated rings. The molecule has 1 rings (SSSR count). The molecule has 1 aromatic carbocycles. The van der Waals surface area contributed by atoms with E-state index in [1.54, 1.807) is 0 Å². The van der Waals surface area contributed by atoms with E-state index in [0.717, 1.165) is 12.0 Å². The van der Waals surface area contributed by atoms with Gasteiger partial charge in [-0.15, -0.1) is 0 Å². The number of hydrogen-bond donors (Lipinski definition) is 1. The lowest BCUT2D eigenvalue weighted by Crippen LogP contribution is -2.30. The highest BCUT2D eigenvalue weighted by atomic mass is 16.1. The smallest absolute Gasteiger partial charge is 0.223 e. The van der Waals surface area contributed by atoms with E-state index in [1.165, 1.54) is 5.56 Å². The van der Waals surface area contributed by atoms with Crippen molar-refractivity contribution in [3.63, 3.8) is 0 Å². The largest absolute Gasteiger partial charge is 0.349 e. The Kier molecular flexibility index (Phi) is 5.39. The first-order valence-electron chi connectivity index (χ1n) is 6.79. The van der Waals surface area contributed by atoms with E-state index in [1.807, 2.05) is 20.8 Å². The summed E-state index contributed by atoms with van der Waals surface area (Å²) in [6.07, 6.45) is 1.10. The molecule has 0 aromatic heterocycles. The quantitative estimate of drug-likeness (QED) is 0.844. The average Bonchev–Trinajstić information content (AvgIpc) is 2.28. The number of carbonyl (C=O) groups is 1. The van der Waals surface area contributed by atoms with Crippen LogP contribution in [0.3, 0.4) is 0 Å². The highest BCUT2D eigenvalue weighted by molar-refractivity contribution is 5.78. The van der Waals surface area contributed by atoms with Gasteiger partial charge in [-0.05, 0) is 30.4 Å². The second kappa shape index (κ2) is 6.58. The first kappa shape index (κ1) is 14.7. The lowest BCUT2D eigenvalue weighted by Gasteiger charge is -2.16. The molecule has 0 aliphatic rings. The zero-order valence-electron chi connectivity index (χ0n) is 12.2. The molecule has 0 heterocycles. The minimum atomic E-state index is 0.0349. The minimum absolute atomic E-state index is 0.0349. The Morgan fingerprint density at radius 2 is 1.61 bits per heavy atom. The number of rotatable bonds is 5. The standard InChI is InChI=1S/C16H25NO/c1-11(2)10-14-6-8-15(9-7-14)13(5)17-16(18)12(3)4/h6-9,11-13H,10H2,1-5H3,(H,17,18). The molecule has 0 aliphatic carbocycles. The van der Waals surface area contributed by atoms with Crippen molar-refractivity contribution < 1.29 is 4.79 Å². The molecule has 1 aromatic rings. The maximum atomic E-state index is 11.6. The summed E-state index contributed by atoms with van der Waals surface area (Å²) < 4.78 is 0. The van der Waals surface area contributed by atoms with Crippen molar-refractivity contribution in [2.45, 2.75) is 47.1 Å². The van der Waals surface area contributed by atoms with Crippen LogP contribution in [0.1, 0.15) is 51.8 Å². The molecule has 0 spiro atoms. The van der Waals surface area contributed by atoms with Crippen LogP contribution in [-0.4, -0.2) is 5.91 Å². The third-order valence-electron chi connectivity index (χ3n) is 3.01. The first-order valence-corrected chi connectivity index (χ1v) is 6.79. The van der Waals surface area contributed by atoms with Crippen LogP contribution in [0.5, 0.6) is 0 Å². The Bertz CT molecular complexity index is 379. The lowest BCUT2D eigenvalue weighted by atomic mass is 10.00. The fourth-order valence-corrected chi connectivity index (χ4v) is 1.88. The summed E-state index contributed by atoms with van der Waals surface area (Å²) in [5, 5.41) is 3.02. The maximum Gasteiger partial charge on any atom is 0.223 e. The number of carbonyl (C=O) groups excluding carboxylic acids is 1. The number of benzene rings is 1. The highest BCUT2D eigenvalue weighted by Gasteiger charge is 2.12. The second-order valence-electron chi connectivity index (χ2n) is 5.72. The van der Waals surface area contributed by atoms with Gasteiger partial charge in [0.1, 0.15) is 0 Å². The molecular formula is C16H25NO. The van der Waals surface area contributed by atoms with Crippen LogP contribution in [-0.2, 0) is 11.2 Å². The van der Waals surface area contributed by atoms with E-state index in [4.69, 9.17) is 0 Å². The second-order valence-corrected chi connectivity index (χ2v) is 5.72. The molecule has 18 heavy (non-hydrogen) atoms. The Balaban J connectivity index is 2.64. The van der Waals surface area contributed by atoms with Crippen molar-refractivity contribution in [3.8, 4) is 0 Å². The van der Waals surface area contributed by atoms with Gasteiger partial charge < -0.3 is 5.32 Å². The average molecular weight is 247 g/mol. The highest BCUT2D eigenvalue weighted by Crippen LogP contribution is 2.16. The number of amides is 1. The number of hydrogen-bond acceptors (Lipinski definition) is 1. The van der Waals surface area contributed by atoms with Gasteiger partial charge in [0.25, 0.3) is 0 Å². The fraction of sp³-hybridized carbons (Fsp3) is 0.562. The molecule has 0 saturated carbocycles. The summed E-state index contributed by atoms with van der Waals surface area (Å²) >= 11 is 0. The van der Waals surface area contributed by atoms with Crippen molar-refractivity contribution in [1.82, 2.24) is 5.32 Å². The molecule has 0 aliphatic heterocycles. The summed E-state index contributed by atoms with van der Waals surface area (Å²) in [4.78, 5) is 11.6. The predicted octanol–water partition coefficient (Wildman–Crippen LogP) is 3.72. The monoisotopic (exact) mass is 247 g/mol. The van der Waals surface area contributed by atoms with E-state index < -0.39 is 0 Å². The lowest BCUT2D eigenvalue weighted by molar-refractivity contribution is -0.124. The van der Waals surface area contributed by atoms with Crippen LogP contribution in [0, 0.1) is 11.8 Å². The first-order chi connectivity index (χ1) is 8.40. The van der Waals surface area contributed by atoms with Crippen LogP contribution >= 0.6 is 0 Å². The molecular weight excluding hydrogens is 222 g/mol. The molecule has 0 saturated heterocycles. The molecule has 1 unspecified atom stereocenters. The summed E-state index contributed by atoms with van der Waals surface area (Å²) in [6, 6.07) is 8.63. The molecule has 100 valence electrons. The van der Waals surface area contributed by atoms with Crippen molar-refractivity contribution in [1.29, 1.82) is 0 Å². The summed E-state index contributed by atoms with van der Waals surface area (Å²) in [5.41, 5.74) is 2.52. The fourth-order valence-electron chi connectivity index (χ4n) is 1.88. The van der Waals surface area contributed by atoms with Crippen molar-refractivity contribution >= 4 is 5.91 Å². The minimum Gasteiger partial charge on any atom is -0.349 e. The van der Waals surface area contributed by atoms with Crippen LogP contribution in [0.25, 0.3) is 0 Å². The van der Waals surface area contributed by atoms with Gasteiger partial charge in [0.05, 0.1) is 6.04 Å². The predicted molar refractivity (Wildman–Crippen MR) is 76.4 cm³/mol. The Labute approximate surface area is 111 Å². The van der Waals surface area contributed by atoms with Gasteiger partial charge in [-0.1, -0.05) is 52.0 Å².